The maximum Gasteiger partial charge on any atom is 0.249 e. The summed E-state index contributed by atoms with van der Waals surface area (Å²) in [5.74, 6) is -1.54. The Kier molecular flexibility index (Phi) is 15.0. The number of carbonyl (C=O) groups excluding carboxylic acids is 5. The molecule has 38 heavy (non-hydrogen) atoms. The summed E-state index contributed by atoms with van der Waals surface area (Å²) in [7, 11) is 0. The quantitative estimate of drug-likeness (QED) is 0.277. The number of hydrogen-bond acceptors (Lipinski definition) is 5. The van der Waals surface area contributed by atoms with E-state index in [4.69, 9.17) is 0 Å². The summed E-state index contributed by atoms with van der Waals surface area (Å²) in [6.45, 7) is 27.8. The first-order valence-electron chi connectivity index (χ1n) is 12.3. The van der Waals surface area contributed by atoms with Crippen LogP contribution in [0.5, 0.6) is 0 Å². The molecule has 0 rings (SSSR count). The first kappa shape index (κ1) is 34.0. The van der Waals surface area contributed by atoms with E-state index >= 15 is 0 Å². The zero-order valence-electron chi connectivity index (χ0n) is 23.6. The summed E-state index contributed by atoms with van der Waals surface area (Å²) in [5.41, 5.74) is 1.67. The topological polar surface area (TPSA) is 119 Å². The summed E-state index contributed by atoms with van der Waals surface area (Å²) in [4.78, 5) is 66.4. The predicted octanol–water partition coefficient (Wildman–Crippen LogP) is 1.59. The zero-order chi connectivity index (χ0) is 29.6. The van der Waals surface area contributed by atoms with Crippen molar-refractivity contribution in [2.24, 2.45) is 0 Å². The average Bonchev–Trinajstić information content (AvgIpc) is 2.84. The molecule has 0 radical (unpaired) electrons. The van der Waals surface area contributed by atoms with Gasteiger partial charge in [-0.1, -0.05) is 32.9 Å². The minimum absolute atomic E-state index is 0.167. The third-order valence-corrected chi connectivity index (χ3v) is 5.35. The van der Waals surface area contributed by atoms with Gasteiger partial charge in [-0.3, -0.25) is 24.0 Å². The van der Waals surface area contributed by atoms with E-state index in [1.807, 2.05) is 0 Å². The fourth-order valence-corrected chi connectivity index (χ4v) is 3.15. The molecule has 0 atom stereocenters. The summed E-state index contributed by atoms with van der Waals surface area (Å²) in [6.07, 6.45) is 0. The largest absolute Gasteiger partial charge is 0.351 e. The minimum atomic E-state index is -0.318. The highest BCUT2D eigenvalue weighted by atomic mass is 16.2. The van der Waals surface area contributed by atoms with Gasteiger partial charge in [0.1, 0.15) is 0 Å². The molecule has 5 amide bonds. The van der Waals surface area contributed by atoms with Crippen LogP contribution in [0.2, 0.25) is 0 Å². The van der Waals surface area contributed by atoms with Crippen molar-refractivity contribution in [2.75, 3.05) is 52.4 Å². The van der Waals surface area contributed by atoms with Crippen molar-refractivity contribution in [2.45, 2.75) is 34.6 Å². The third-order valence-electron chi connectivity index (χ3n) is 5.35. The van der Waals surface area contributed by atoms with E-state index in [1.54, 1.807) is 34.6 Å². The number of rotatable bonds is 17. The van der Waals surface area contributed by atoms with Crippen LogP contribution in [0.1, 0.15) is 34.6 Å². The summed E-state index contributed by atoms with van der Waals surface area (Å²) in [5, 5.41) is 5.38. The molecule has 0 aliphatic rings. The fraction of sp³-hybridized carbons (Fsp3) is 0.464. The predicted molar refractivity (Wildman–Crippen MR) is 150 cm³/mol. The van der Waals surface area contributed by atoms with Crippen LogP contribution in [0.25, 0.3) is 0 Å². The van der Waals surface area contributed by atoms with Gasteiger partial charge in [-0.15, -0.1) is 0 Å². The first-order valence-corrected chi connectivity index (χ1v) is 12.3. The number of nitrogens with zero attached hydrogens (tertiary/aromatic N) is 3. The van der Waals surface area contributed by atoms with Crippen LogP contribution in [0.4, 0.5) is 0 Å². The lowest BCUT2D eigenvalue weighted by atomic mass is 10.2. The summed E-state index contributed by atoms with van der Waals surface area (Å²) >= 11 is 0. The highest BCUT2D eigenvalue weighted by molar-refractivity contribution is 5.94. The van der Waals surface area contributed by atoms with E-state index in [0.29, 0.717) is 27.9 Å². The van der Waals surface area contributed by atoms with Gasteiger partial charge in [0.25, 0.3) is 0 Å². The van der Waals surface area contributed by atoms with Crippen LogP contribution < -0.4 is 10.6 Å². The smallest absolute Gasteiger partial charge is 0.249 e. The van der Waals surface area contributed by atoms with Gasteiger partial charge in [-0.05, 0) is 34.6 Å². The molecule has 0 bridgehead atoms. The lowest BCUT2D eigenvalue weighted by Crippen LogP contribution is -2.47. The molecule has 210 valence electrons. The van der Waals surface area contributed by atoms with Crippen LogP contribution in [-0.4, -0.2) is 96.6 Å². The van der Waals surface area contributed by atoms with Gasteiger partial charge in [0.2, 0.25) is 29.5 Å². The number of carbonyl (C=O) groups is 5. The molecule has 10 nitrogen and oxygen atoms in total. The van der Waals surface area contributed by atoms with Crippen LogP contribution in [-0.2, 0) is 24.0 Å². The van der Waals surface area contributed by atoms with E-state index in [9.17, 15) is 24.0 Å². The molecule has 0 aliphatic carbocycles. The molecule has 0 unspecified atom stereocenters. The van der Waals surface area contributed by atoms with Crippen molar-refractivity contribution in [1.82, 2.24) is 25.3 Å². The second-order valence-electron chi connectivity index (χ2n) is 9.29. The fourth-order valence-electron chi connectivity index (χ4n) is 3.15. The highest BCUT2D eigenvalue weighted by Crippen LogP contribution is 2.06. The molecule has 10 heteroatoms. The van der Waals surface area contributed by atoms with E-state index in [0.717, 1.165) is 0 Å². The maximum absolute atomic E-state index is 12.9. The number of amides is 5. The van der Waals surface area contributed by atoms with Crippen molar-refractivity contribution < 1.29 is 24.0 Å². The Hall–Kier alpha value is -3.95. The van der Waals surface area contributed by atoms with Gasteiger partial charge >= 0.3 is 0 Å². The lowest BCUT2D eigenvalue weighted by Gasteiger charge is -2.31. The van der Waals surface area contributed by atoms with E-state index in [1.165, 1.54) is 14.7 Å². The van der Waals surface area contributed by atoms with Gasteiger partial charge in [-0.25, -0.2) is 0 Å². The first-order chi connectivity index (χ1) is 17.6. The van der Waals surface area contributed by atoms with E-state index in [2.05, 4.69) is 43.5 Å². The SMILES string of the molecule is C=C(C)C(=O)NCCN(CCN(CCN(CCNC(=O)C(=C)C)C(=O)C(=C)C)C(=O)C(=C)C)C(=O)C(=C)C. The van der Waals surface area contributed by atoms with Crippen molar-refractivity contribution in [3.63, 3.8) is 0 Å². The molecular formula is C28H43N5O5. The van der Waals surface area contributed by atoms with Crippen LogP contribution in [0, 0.1) is 0 Å². The Morgan fingerprint density at radius 3 is 0.895 bits per heavy atom. The third kappa shape index (κ3) is 12.3. The highest BCUT2D eigenvalue weighted by Gasteiger charge is 2.22. The number of nitrogens with one attached hydrogen (secondary N) is 2. The van der Waals surface area contributed by atoms with Gasteiger partial charge in [0.05, 0.1) is 0 Å². The Bertz CT molecular complexity index is 932. The van der Waals surface area contributed by atoms with Crippen LogP contribution >= 0.6 is 0 Å². The molecule has 0 saturated heterocycles. The second kappa shape index (κ2) is 16.7. The molecule has 0 aliphatic heterocycles. The Balaban J connectivity index is 5.51. The van der Waals surface area contributed by atoms with Crippen LogP contribution in [0.15, 0.2) is 60.8 Å². The van der Waals surface area contributed by atoms with Gasteiger partial charge < -0.3 is 25.3 Å². The monoisotopic (exact) mass is 529 g/mol. The van der Waals surface area contributed by atoms with Crippen molar-refractivity contribution >= 4 is 29.5 Å². The average molecular weight is 530 g/mol. The van der Waals surface area contributed by atoms with Crippen molar-refractivity contribution in [3.8, 4) is 0 Å². The zero-order valence-corrected chi connectivity index (χ0v) is 23.6. The lowest BCUT2D eigenvalue weighted by molar-refractivity contribution is -0.132. The Labute approximate surface area is 226 Å². The van der Waals surface area contributed by atoms with Crippen molar-refractivity contribution in [1.29, 1.82) is 0 Å². The summed E-state index contributed by atoms with van der Waals surface area (Å²) in [6, 6.07) is 0. The van der Waals surface area contributed by atoms with Crippen LogP contribution in [0.3, 0.4) is 0 Å². The Morgan fingerprint density at radius 1 is 0.447 bits per heavy atom. The standard InChI is InChI=1S/C28H43N5O5/c1-19(2)24(34)29-11-13-31(26(36)21(5)6)15-17-33(28(38)23(9)10)18-16-32(27(37)22(7)8)14-12-30-25(35)20(3)4/h1,3,5,7,9,11-18H2,2,4,6,8,10H3,(H,29,34)(H,30,35). The van der Waals surface area contributed by atoms with Gasteiger partial charge in [0, 0.05) is 80.2 Å². The molecule has 0 aromatic rings. The van der Waals surface area contributed by atoms with Crippen molar-refractivity contribution in [3.05, 3.63) is 60.8 Å². The molecule has 0 spiro atoms. The molecule has 0 saturated carbocycles. The van der Waals surface area contributed by atoms with Gasteiger partial charge in [0.15, 0.2) is 0 Å². The van der Waals surface area contributed by atoms with E-state index < -0.39 is 0 Å². The molecule has 0 aromatic heterocycles. The van der Waals surface area contributed by atoms with E-state index in [-0.39, 0.29) is 81.9 Å². The molecule has 0 aromatic carbocycles. The summed E-state index contributed by atoms with van der Waals surface area (Å²) < 4.78 is 0. The minimum Gasteiger partial charge on any atom is -0.351 e. The number of hydrogen-bond donors (Lipinski definition) is 2. The Morgan fingerprint density at radius 2 is 0.684 bits per heavy atom. The van der Waals surface area contributed by atoms with Gasteiger partial charge in [-0.2, -0.15) is 0 Å². The second-order valence-corrected chi connectivity index (χ2v) is 9.29. The molecule has 0 heterocycles. The molecular weight excluding hydrogens is 486 g/mol. The molecule has 0 fully saturated rings. The normalized spacial score (nSPS) is 10.0. The molecule has 2 N–H and O–H groups in total. The maximum atomic E-state index is 12.9.